The van der Waals surface area contributed by atoms with Crippen LogP contribution in [0.5, 0.6) is 0 Å². The standard InChI is InChI=1S/C16H17N3/c1-13-17-16-11-7-6-8-14(16)12-19(18(13)2)15-9-4-3-5-10-15/h3-11H,12H2,1-2H3. The van der Waals surface area contributed by atoms with Gasteiger partial charge in [0.2, 0.25) is 0 Å². The van der Waals surface area contributed by atoms with Crippen LogP contribution in [-0.2, 0) is 6.54 Å². The molecular weight excluding hydrogens is 234 g/mol. The first-order chi connectivity index (χ1) is 9.25. The monoisotopic (exact) mass is 251 g/mol. The molecule has 3 heteroatoms. The van der Waals surface area contributed by atoms with Gasteiger partial charge in [0.05, 0.1) is 17.9 Å². The Morgan fingerprint density at radius 2 is 1.63 bits per heavy atom. The van der Waals surface area contributed by atoms with Crippen molar-refractivity contribution in [3.63, 3.8) is 0 Å². The van der Waals surface area contributed by atoms with E-state index in [1.165, 1.54) is 11.3 Å². The molecular formula is C16H17N3. The molecule has 0 aliphatic carbocycles. The molecule has 3 rings (SSSR count). The summed E-state index contributed by atoms with van der Waals surface area (Å²) in [7, 11) is 2.05. The first kappa shape index (κ1) is 11.8. The zero-order valence-electron chi connectivity index (χ0n) is 11.2. The Morgan fingerprint density at radius 3 is 2.42 bits per heavy atom. The number of anilines is 1. The number of amidine groups is 1. The molecule has 0 N–H and O–H groups in total. The van der Waals surface area contributed by atoms with Crippen LogP contribution in [0.2, 0.25) is 0 Å². The van der Waals surface area contributed by atoms with Crippen molar-refractivity contribution in [3.05, 3.63) is 60.2 Å². The fourth-order valence-electron chi connectivity index (χ4n) is 2.31. The molecule has 0 fully saturated rings. The van der Waals surface area contributed by atoms with Gasteiger partial charge in [-0.25, -0.2) is 4.99 Å². The second kappa shape index (κ2) is 4.76. The molecule has 3 nitrogen and oxygen atoms in total. The fraction of sp³-hybridized carbons (Fsp3) is 0.188. The molecule has 0 saturated carbocycles. The van der Waals surface area contributed by atoms with Gasteiger partial charge < -0.3 is 0 Å². The maximum atomic E-state index is 4.70. The van der Waals surface area contributed by atoms with E-state index in [2.05, 4.69) is 59.5 Å². The smallest absolute Gasteiger partial charge is 0.120 e. The van der Waals surface area contributed by atoms with Gasteiger partial charge in [-0.15, -0.1) is 0 Å². The molecule has 0 saturated heterocycles. The molecule has 0 bridgehead atoms. The van der Waals surface area contributed by atoms with Crippen molar-refractivity contribution in [2.75, 3.05) is 12.1 Å². The number of para-hydroxylation sites is 2. The Kier molecular flexibility index (Phi) is 2.95. The van der Waals surface area contributed by atoms with Crippen molar-refractivity contribution >= 4 is 17.2 Å². The van der Waals surface area contributed by atoms with Crippen LogP contribution in [0.1, 0.15) is 12.5 Å². The topological polar surface area (TPSA) is 18.8 Å². The van der Waals surface area contributed by atoms with Gasteiger partial charge in [-0.05, 0) is 30.7 Å². The molecule has 1 heterocycles. The predicted molar refractivity (Wildman–Crippen MR) is 79.6 cm³/mol. The number of hydrogen-bond donors (Lipinski definition) is 0. The summed E-state index contributed by atoms with van der Waals surface area (Å²) in [6.45, 7) is 2.87. The van der Waals surface area contributed by atoms with E-state index in [4.69, 9.17) is 4.99 Å². The van der Waals surface area contributed by atoms with Gasteiger partial charge in [-0.2, -0.15) is 0 Å². The SMILES string of the molecule is CC1=Nc2ccccc2CN(c2ccccc2)N1C. The van der Waals surface area contributed by atoms with Crippen LogP contribution in [0.15, 0.2) is 59.6 Å². The number of nitrogens with zero attached hydrogens (tertiary/aromatic N) is 3. The van der Waals surface area contributed by atoms with Crippen LogP contribution in [0, 0.1) is 0 Å². The molecule has 1 aliphatic heterocycles. The zero-order valence-corrected chi connectivity index (χ0v) is 11.2. The van der Waals surface area contributed by atoms with E-state index < -0.39 is 0 Å². The minimum atomic E-state index is 0.831. The van der Waals surface area contributed by atoms with Crippen LogP contribution in [-0.4, -0.2) is 17.9 Å². The Labute approximate surface area is 113 Å². The Morgan fingerprint density at radius 1 is 0.947 bits per heavy atom. The third-order valence-electron chi connectivity index (χ3n) is 3.48. The lowest BCUT2D eigenvalue weighted by Crippen LogP contribution is -2.41. The molecule has 0 radical (unpaired) electrons. The van der Waals surface area contributed by atoms with Crippen molar-refractivity contribution in [1.82, 2.24) is 5.01 Å². The Bertz CT molecular complexity index is 604. The van der Waals surface area contributed by atoms with Crippen LogP contribution >= 0.6 is 0 Å². The molecule has 0 aromatic heterocycles. The molecule has 0 spiro atoms. The second-order valence-corrected chi connectivity index (χ2v) is 4.70. The van der Waals surface area contributed by atoms with Gasteiger partial charge in [0, 0.05) is 7.05 Å². The second-order valence-electron chi connectivity index (χ2n) is 4.70. The number of fused-ring (bicyclic) bond motifs is 1. The Balaban J connectivity index is 2.06. The fourth-order valence-corrected chi connectivity index (χ4v) is 2.31. The summed E-state index contributed by atoms with van der Waals surface area (Å²) in [6.07, 6.45) is 0. The summed E-state index contributed by atoms with van der Waals surface area (Å²) in [6, 6.07) is 18.7. The first-order valence-electron chi connectivity index (χ1n) is 6.45. The molecule has 0 amide bonds. The summed E-state index contributed by atoms with van der Waals surface area (Å²) in [5.41, 5.74) is 3.48. The van der Waals surface area contributed by atoms with Gasteiger partial charge in [0.25, 0.3) is 0 Å². The lowest BCUT2D eigenvalue weighted by Gasteiger charge is -2.33. The lowest BCUT2D eigenvalue weighted by molar-refractivity contribution is 0.453. The number of hydrogen-bond acceptors (Lipinski definition) is 3. The van der Waals surface area contributed by atoms with Crippen molar-refractivity contribution in [2.45, 2.75) is 13.5 Å². The van der Waals surface area contributed by atoms with E-state index in [0.29, 0.717) is 0 Å². The number of benzene rings is 2. The number of hydrazine groups is 1. The summed E-state index contributed by atoms with van der Waals surface area (Å²) < 4.78 is 0. The molecule has 0 atom stereocenters. The van der Waals surface area contributed by atoms with Crippen molar-refractivity contribution in [2.24, 2.45) is 4.99 Å². The lowest BCUT2D eigenvalue weighted by atomic mass is 10.1. The van der Waals surface area contributed by atoms with Crippen LogP contribution in [0.3, 0.4) is 0 Å². The van der Waals surface area contributed by atoms with E-state index in [1.54, 1.807) is 0 Å². The summed E-state index contributed by atoms with van der Waals surface area (Å²) in [5.74, 6) is 0.994. The number of rotatable bonds is 1. The average molecular weight is 251 g/mol. The highest BCUT2D eigenvalue weighted by molar-refractivity contribution is 5.85. The summed E-state index contributed by atoms with van der Waals surface area (Å²) in [4.78, 5) is 4.70. The average Bonchev–Trinajstić information content (AvgIpc) is 2.58. The van der Waals surface area contributed by atoms with E-state index in [0.717, 1.165) is 18.1 Å². The third kappa shape index (κ3) is 2.19. The largest absolute Gasteiger partial charge is 0.280 e. The van der Waals surface area contributed by atoms with Crippen molar-refractivity contribution in [3.8, 4) is 0 Å². The zero-order chi connectivity index (χ0) is 13.2. The van der Waals surface area contributed by atoms with Crippen molar-refractivity contribution in [1.29, 1.82) is 0 Å². The normalized spacial score (nSPS) is 14.7. The highest BCUT2D eigenvalue weighted by atomic mass is 15.6. The molecule has 19 heavy (non-hydrogen) atoms. The molecule has 0 unspecified atom stereocenters. The first-order valence-corrected chi connectivity index (χ1v) is 6.45. The molecule has 2 aromatic rings. The van der Waals surface area contributed by atoms with Crippen molar-refractivity contribution < 1.29 is 0 Å². The van der Waals surface area contributed by atoms with Gasteiger partial charge in [-0.3, -0.25) is 10.0 Å². The van der Waals surface area contributed by atoms with Gasteiger partial charge >= 0.3 is 0 Å². The maximum Gasteiger partial charge on any atom is 0.120 e. The van der Waals surface area contributed by atoms with Crippen LogP contribution in [0.4, 0.5) is 11.4 Å². The summed E-state index contributed by atoms with van der Waals surface area (Å²) >= 11 is 0. The third-order valence-corrected chi connectivity index (χ3v) is 3.48. The summed E-state index contributed by atoms with van der Waals surface area (Å²) in [5, 5.41) is 4.35. The van der Waals surface area contributed by atoms with Crippen LogP contribution < -0.4 is 5.01 Å². The van der Waals surface area contributed by atoms with E-state index in [1.807, 2.05) is 19.1 Å². The minimum absolute atomic E-state index is 0.831. The van der Waals surface area contributed by atoms with E-state index >= 15 is 0 Å². The quantitative estimate of drug-likeness (QED) is 0.771. The van der Waals surface area contributed by atoms with Crippen LogP contribution in [0.25, 0.3) is 0 Å². The Hall–Kier alpha value is -2.29. The maximum absolute atomic E-state index is 4.70. The van der Waals surface area contributed by atoms with Gasteiger partial charge in [-0.1, -0.05) is 36.4 Å². The minimum Gasteiger partial charge on any atom is -0.280 e. The molecule has 1 aliphatic rings. The predicted octanol–water partition coefficient (Wildman–Crippen LogP) is 3.60. The highest BCUT2D eigenvalue weighted by Gasteiger charge is 2.19. The van der Waals surface area contributed by atoms with Gasteiger partial charge in [0.15, 0.2) is 0 Å². The highest BCUT2D eigenvalue weighted by Crippen LogP contribution is 2.28. The van der Waals surface area contributed by atoms with E-state index in [-0.39, 0.29) is 0 Å². The number of aliphatic imine (C=N–C) groups is 1. The molecule has 2 aromatic carbocycles. The van der Waals surface area contributed by atoms with Gasteiger partial charge in [0.1, 0.15) is 5.84 Å². The molecule has 96 valence electrons. The van der Waals surface area contributed by atoms with E-state index in [9.17, 15) is 0 Å².